The molecule has 36 heavy (non-hydrogen) atoms. The van der Waals surface area contributed by atoms with Gasteiger partial charge in [-0.05, 0) is 68.4 Å². The van der Waals surface area contributed by atoms with Gasteiger partial charge in [-0.15, -0.1) is 0 Å². The van der Waals surface area contributed by atoms with Gasteiger partial charge in [0.15, 0.2) is 5.11 Å². The van der Waals surface area contributed by atoms with Crippen LogP contribution in [-0.2, 0) is 11.3 Å². The van der Waals surface area contributed by atoms with E-state index in [0.717, 1.165) is 62.9 Å². The third-order valence-corrected chi connectivity index (χ3v) is 7.64. The number of morpholine rings is 1. The SMILES string of the molecule is COc1cccc(N2C(=S)N[C@H](c3ccccn3)[C@@H]2c2cc(C)n(CCCN3CCOCC3)c2C)c1. The van der Waals surface area contributed by atoms with Gasteiger partial charge >= 0.3 is 0 Å². The Morgan fingerprint density at radius 2 is 1.92 bits per heavy atom. The van der Waals surface area contributed by atoms with Gasteiger partial charge in [0.25, 0.3) is 0 Å². The number of thiocarbonyl (C=S) groups is 1. The van der Waals surface area contributed by atoms with Crippen LogP contribution in [-0.4, -0.2) is 59.5 Å². The number of hydrogen-bond donors (Lipinski definition) is 1. The average molecular weight is 506 g/mol. The largest absolute Gasteiger partial charge is 0.497 e. The van der Waals surface area contributed by atoms with Crippen molar-refractivity contribution >= 4 is 23.0 Å². The maximum atomic E-state index is 5.91. The van der Waals surface area contributed by atoms with E-state index in [4.69, 9.17) is 26.7 Å². The molecule has 8 heteroatoms. The molecule has 1 N–H and O–H groups in total. The number of nitrogens with one attached hydrogen (secondary N) is 1. The summed E-state index contributed by atoms with van der Waals surface area (Å²) in [6.45, 7) is 10.3. The van der Waals surface area contributed by atoms with Crippen LogP contribution in [0.25, 0.3) is 0 Å². The maximum absolute atomic E-state index is 5.91. The van der Waals surface area contributed by atoms with Gasteiger partial charge in [0.1, 0.15) is 5.75 Å². The van der Waals surface area contributed by atoms with Gasteiger partial charge in [0.05, 0.1) is 38.1 Å². The lowest BCUT2D eigenvalue weighted by Gasteiger charge is -2.28. The molecule has 1 aromatic carbocycles. The van der Waals surface area contributed by atoms with Gasteiger partial charge in [-0.3, -0.25) is 9.88 Å². The average Bonchev–Trinajstić information content (AvgIpc) is 3.40. The molecular weight excluding hydrogens is 470 g/mol. The second-order valence-electron chi connectivity index (χ2n) is 9.48. The van der Waals surface area contributed by atoms with Crippen LogP contribution in [0.2, 0.25) is 0 Å². The molecule has 0 spiro atoms. The summed E-state index contributed by atoms with van der Waals surface area (Å²) in [7, 11) is 1.69. The van der Waals surface area contributed by atoms with Gasteiger partial charge in [-0.1, -0.05) is 12.1 Å². The fourth-order valence-electron chi connectivity index (χ4n) is 5.46. The summed E-state index contributed by atoms with van der Waals surface area (Å²) in [5.41, 5.74) is 5.80. The van der Waals surface area contributed by atoms with Crippen molar-refractivity contribution in [2.24, 2.45) is 0 Å². The van der Waals surface area contributed by atoms with Crippen LogP contribution in [0.1, 0.15) is 41.1 Å². The Kier molecular flexibility index (Phi) is 7.55. The second kappa shape index (κ2) is 11.0. The number of hydrogen-bond acceptors (Lipinski definition) is 5. The molecular formula is C28H35N5O2S. The van der Waals surface area contributed by atoms with Crippen molar-refractivity contribution in [2.75, 3.05) is 44.9 Å². The third kappa shape index (κ3) is 4.98. The topological polar surface area (TPSA) is 54.8 Å². The summed E-state index contributed by atoms with van der Waals surface area (Å²) in [5, 5.41) is 4.27. The van der Waals surface area contributed by atoms with Crippen LogP contribution >= 0.6 is 12.2 Å². The van der Waals surface area contributed by atoms with Crippen molar-refractivity contribution in [3.63, 3.8) is 0 Å². The van der Waals surface area contributed by atoms with E-state index in [1.54, 1.807) is 7.11 Å². The zero-order valence-corrected chi connectivity index (χ0v) is 22.1. The number of ether oxygens (including phenoxy) is 2. The van der Waals surface area contributed by atoms with Crippen molar-refractivity contribution < 1.29 is 9.47 Å². The summed E-state index contributed by atoms with van der Waals surface area (Å²) < 4.78 is 13.5. The molecule has 2 saturated heterocycles. The van der Waals surface area contributed by atoms with Crippen molar-refractivity contribution in [3.8, 4) is 5.75 Å². The number of pyridine rings is 1. The first kappa shape index (κ1) is 24.7. The lowest BCUT2D eigenvalue weighted by Crippen LogP contribution is -2.37. The van der Waals surface area contributed by atoms with E-state index in [1.165, 1.54) is 17.0 Å². The molecule has 0 aliphatic carbocycles. The van der Waals surface area contributed by atoms with Gasteiger partial charge < -0.3 is 24.3 Å². The molecule has 4 heterocycles. The Morgan fingerprint density at radius 3 is 2.67 bits per heavy atom. The third-order valence-electron chi connectivity index (χ3n) is 7.32. The highest BCUT2D eigenvalue weighted by atomic mass is 32.1. The molecule has 0 amide bonds. The highest BCUT2D eigenvalue weighted by Crippen LogP contribution is 2.43. The number of rotatable bonds is 8. The molecule has 0 unspecified atom stereocenters. The standard InChI is InChI=1S/C28H35N5O2S/c1-20-18-24(21(2)32(20)13-7-12-31-14-16-35-17-15-31)27-26(25-10-4-5-11-29-25)30-28(36)33(27)22-8-6-9-23(19-22)34-3/h4-6,8-11,18-19,26-27H,7,12-17H2,1-3H3,(H,30,36)/t26-,27+/m1/s1. The summed E-state index contributed by atoms with van der Waals surface area (Å²) in [5.74, 6) is 0.809. The van der Waals surface area contributed by atoms with E-state index in [1.807, 2.05) is 36.5 Å². The minimum Gasteiger partial charge on any atom is -0.497 e. The molecule has 0 saturated carbocycles. The normalized spacial score (nSPS) is 20.5. The van der Waals surface area contributed by atoms with Crippen molar-refractivity contribution in [1.29, 1.82) is 0 Å². The first-order chi connectivity index (χ1) is 17.6. The molecule has 2 aliphatic heterocycles. The molecule has 2 aromatic heterocycles. The first-order valence-electron chi connectivity index (χ1n) is 12.7. The molecule has 7 nitrogen and oxygen atoms in total. The van der Waals surface area contributed by atoms with Crippen LogP contribution in [0.5, 0.6) is 5.75 Å². The quantitative estimate of drug-likeness (QED) is 0.455. The zero-order chi connectivity index (χ0) is 25.1. The van der Waals surface area contributed by atoms with E-state index in [2.05, 4.69) is 51.7 Å². The molecule has 2 fully saturated rings. The van der Waals surface area contributed by atoms with Crippen LogP contribution in [0.15, 0.2) is 54.7 Å². The fourth-order valence-corrected chi connectivity index (χ4v) is 5.80. The minimum atomic E-state index is -0.0628. The monoisotopic (exact) mass is 505 g/mol. The number of aromatic nitrogens is 2. The number of benzene rings is 1. The second-order valence-corrected chi connectivity index (χ2v) is 9.87. The van der Waals surface area contributed by atoms with Crippen molar-refractivity contribution in [3.05, 3.63) is 77.4 Å². The van der Waals surface area contributed by atoms with E-state index in [-0.39, 0.29) is 12.1 Å². The molecule has 2 atom stereocenters. The first-order valence-corrected chi connectivity index (χ1v) is 13.1. The summed E-state index contributed by atoms with van der Waals surface area (Å²) >= 11 is 5.91. The predicted octanol–water partition coefficient (Wildman–Crippen LogP) is 4.41. The smallest absolute Gasteiger partial charge is 0.174 e. The van der Waals surface area contributed by atoms with E-state index in [0.29, 0.717) is 5.11 Å². The molecule has 190 valence electrons. The van der Waals surface area contributed by atoms with Gasteiger partial charge in [0.2, 0.25) is 0 Å². The van der Waals surface area contributed by atoms with Gasteiger partial charge in [0, 0.05) is 55.5 Å². The number of aryl methyl sites for hydroxylation is 1. The van der Waals surface area contributed by atoms with Crippen LogP contribution in [0, 0.1) is 13.8 Å². The molecule has 3 aromatic rings. The van der Waals surface area contributed by atoms with Crippen molar-refractivity contribution in [2.45, 2.75) is 38.9 Å². The zero-order valence-electron chi connectivity index (χ0n) is 21.3. The van der Waals surface area contributed by atoms with Crippen LogP contribution < -0.4 is 15.0 Å². The molecule has 2 aliphatic rings. The van der Waals surface area contributed by atoms with E-state index in [9.17, 15) is 0 Å². The summed E-state index contributed by atoms with van der Waals surface area (Å²) in [4.78, 5) is 9.42. The Labute approximate surface area is 219 Å². The Bertz CT molecular complexity index is 1190. The van der Waals surface area contributed by atoms with E-state index >= 15 is 0 Å². The fraction of sp³-hybridized carbons (Fsp3) is 0.429. The Hall–Kier alpha value is -2.94. The lowest BCUT2D eigenvalue weighted by molar-refractivity contribution is 0.0369. The summed E-state index contributed by atoms with van der Waals surface area (Å²) in [6.07, 6.45) is 2.96. The Morgan fingerprint density at radius 1 is 1.08 bits per heavy atom. The molecule has 0 radical (unpaired) electrons. The van der Waals surface area contributed by atoms with Gasteiger partial charge in [-0.25, -0.2) is 0 Å². The lowest BCUT2D eigenvalue weighted by atomic mass is 9.96. The number of nitrogens with zero attached hydrogens (tertiary/aromatic N) is 4. The maximum Gasteiger partial charge on any atom is 0.174 e. The minimum absolute atomic E-state index is 0.0290. The highest BCUT2D eigenvalue weighted by molar-refractivity contribution is 7.80. The highest BCUT2D eigenvalue weighted by Gasteiger charge is 2.42. The number of methoxy groups -OCH3 is 1. The van der Waals surface area contributed by atoms with Crippen LogP contribution in [0.4, 0.5) is 5.69 Å². The molecule has 0 bridgehead atoms. The van der Waals surface area contributed by atoms with Gasteiger partial charge in [-0.2, -0.15) is 0 Å². The summed E-state index contributed by atoms with van der Waals surface area (Å²) in [6, 6.07) is 16.4. The van der Waals surface area contributed by atoms with E-state index < -0.39 is 0 Å². The Balaban J connectivity index is 1.48. The van der Waals surface area contributed by atoms with Crippen LogP contribution in [0.3, 0.4) is 0 Å². The number of anilines is 1. The molecule has 5 rings (SSSR count). The van der Waals surface area contributed by atoms with Crippen molar-refractivity contribution in [1.82, 2.24) is 19.8 Å². The predicted molar refractivity (Wildman–Crippen MR) is 147 cm³/mol.